The Labute approximate surface area is 114 Å². The lowest BCUT2D eigenvalue weighted by Gasteiger charge is -2.17. The second-order valence-electron chi connectivity index (χ2n) is 4.27. The molecule has 2 amide bonds. The van der Waals surface area contributed by atoms with Gasteiger partial charge < -0.3 is 25.4 Å². The molecule has 0 saturated heterocycles. The van der Waals surface area contributed by atoms with E-state index >= 15 is 0 Å². The van der Waals surface area contributed by atoms with E-state index in [-0.39, 0.29) is 6.04 Å². The van der Waals surface area contributed by atoms with Gasteiger partial charge in [0.2, 0.25) is 0 Å². The molecule has 0 aromatic carbocycles. The molecule has 4 N–H and O–H groups in total. The molecule has 2 atom stereocenters. The highest BCUT2D eigenvalue weighted by Gasteiger charge is 2.23. The summed E-state index contributed by atoms with van der Waals surface area (Å²) in [6.07, 6.45) is 4.22. The summed E-state index contributed by atoms with van der Waals surface area (Å²) in [5, 5.41) is 22.0. The van der Waals surface area contributed by atoms with E-state index in [0.29, 0.717) is 6.54 Å². The van der Waals surface area contributed by atoms with Crippen LogP contribution >= 0.6 is 0 Å². The van der Waals surface area contributed by atoms with Crippen LogP contribution in [0.3, 0.4) is 0 Å². The molecular weight excluding hydrogens is 268 g/mol. The zero-order valence-electron chi connectivity index (χ0n) is 10.8. The first-order valence-corrected chi connectivity index (χ1v) is 5.86. The number of hydrogen-bond donors (Lipinski definition) is 4. The lowest BCUT2D eigenvalue weighted by molar-refractivity contribution is -0.145. The molecule has 9 heteroatoms. The maximum atomic E-state index is 11.6. The number of nitrogens with zero attached hydrogens (tertiary/aromatic N) is 2. The van der Waals surface area contributed by atoms with Gasteiger partial charge >= 0.3 is 18.0 Å². The number of aromatic nitrogens is 2. The summed E-state index contributed by atoms with van der Waals surface area (Å²) >= 11 is 0. The monoisotopic (exact) mass is 284 g/mol. The van der Waals surface area contributed by atoms with Crippen molar-refractivity contribution < 1.29 is 24.6 Å². The third kappa shape index (κ3) is 5.38. The van der Waals surface area contributed by atoms with E-state index in [1.54, 1.807) is 30.2 Å². The van der Waals surface area contributed by atoms with E-state index in [9.17, 15) is 14.4 Å². The summed E-state index contributed by atoms with van der Waals surface area (Å²) in [6, 6.07) is -2.47. The van der Waals surface area contributed by atoms with Crippen LogP contribution in [0, 0.1) is 0 Å². The molecule has 0 radical (unpaired) electrons. The van der Waals surface area contributed by atoms with Crippen LogP contribution in [0.5, 0.6) is 0 Å². The first kappa shape index (κ1) is 15.5. The van der Waals surface area contributed by atoms with E-state index in [1.165, 1.54) is 0 Å². The molecule has 0 aliphatic heterocycles. The minimum Gasteiger partial charge on any atom is -0.481 e. The predicted octanol–water partition coefficient (Wildman–Crippen LogP) is -0.501. The van der Waals surface area contributed by atoms with Gasteiger partial charge in [0.1, 0.15) is 6.04 Å². The number of amides is 2. The van der Waals surface area contributed by atoms with Gasteiger partial charge in [0.25, 0.3) is 0 Å². The summed E-state index contributed by atoms with van der Waals surface area (Å²) in [5.41, 5.74) is 0. The standard InChI is InChI=1S/C11H16N4O5/c1-7(5-15-3-2-12-6-15)13-11(20)14-8(10(18)19)4-9(16)17/h2-3,6-8H,4-5H2,1H3,(H,16,17)(H,18,19)(H2,13,14,20). The molecule has 110 valence electrons. The van der Waals surface area contributed by atoms with Crippen molar-refractivity contribution in [3.8, 4) is 0 Å². The van der Waals surface area contributed by atoms with Crippen LogP contribution in [-0.2, 0) is 16.1 Å². The Morgan fingerprint density at radius 3 is 2.50 bits per heavy atom. The van der Waals surface area contributed by atoms with Gasteiger partial charge in [-0.2, -0.15) is 0 Å². The fourth-order valence-electron chi connectivity index (χ4n) is 1.56. The quantitative estimate of drug-likeness (QED) is 0.533. The lowest BCUT2D eigenvalue weighted by atomic mass is 10.2. The number of hydrogen-bond acceptors (Lipinski definition) is 4. The molecule has 1 aromatic heterocycles. The van der Waals surface area contributed by atoms with Gasteiger partial charge in [-0.15, -0.1) is 0 Å². The van der Waals surface area contributed by atoms with Crippen LogP contribution < -0.4 is 10.6 Å². The number of carboxylic acids is 2. The lowest BCUT2D eigenvalue weighted by Crippen LogP contribution is -2.49. The first-order chi connectivity index (χ1) is 9.38. The highest BCUT2D eigenvalue weighted by Crippen LogP contribution is 1.95. The Bertz CT molecular complexity index is 473. The molecule has 1 rings (SSSR count). The van der Waals surface area contributed by atoms with E-state index in [0.717, 1.165) is 0 Å². The third-order valence-electron chi connectivity index (χ3n) is 2.40. The number of carboxylic acid groups (broad SMARTS) is 2. The highest BCUT2D eigenvalue weighted by molar-refractivity contribution is 5.86. The molecule has 9 nitrogen and oxygen atoms in total. The number of carbonyl (C=O) groups excluding carboxylic acids is 1. The Balaban J connectivity index is 2.44. The maximum absolute atomic E-state index is 11.6. The van der Waals surface area contributed by atoms with E-state index < -0.39 is 30.4 Å². The largest absolute Gasteiger partial charge is 0.481 e. The van der Waals surface area contributed by atoms with Crippen molar-refractivity contribution in [1.29, 1.82) is 0 Å². The average Bonchev–Trinajstić information content (AvgIpc) is 2.79. The first-order valence-electron chi connectivity index (χ1n) is 5.86. The van der Waals surface area contributed by atoms with Crippen LogP contribution in [-0.4, -0.2) is 49.8 Å². The predicted molar refractivity (Wildman–Crippen MR) is 67.0 cm³/mol. The molecule has 0 aliphatic carbocycles. The van der Waals surface area contributed by atoms with E-state index in [1.807, 2.05) is 0 Å². The molecule has 0 spiro atoms. The van der Waals surface area contributed by atoms with Crippen LogP contribution in [0.4, 0.5) is 4.79 Å². The summed E-state index contributed by atoms with van der Waals surface area (Å²) in [5.74, 6) is -2.70. The zero-order valence-corrected chi connectivity index (χ0v) is 10.8. The van der Waals surface area contributed by atoms with Gasteiger partial charge in [-0.1, -0.05) is 0 Å². The van der Waals surface area contributed by atoms with Crippen molar-refractivity contribution >= 4 is 18.0 Å². The topological polar surface area (TPSA) is 134 Å². The summed E-state index contributed by atoms with van der Waals surface area (Å²) < 4.78 is 1.75. The van der Waals surface area contributed by atoms with Crippen molar-refractivity contribution in [3.63, 3.8) is 0 Å². The molecule has 0 fully saturated rings. The van der Waals surface area contributed by atoms with Crippen molar-refractivity contribution in [2.45, 2.75) is 32.0 Å². The van der Waals surface area contributed by atoms with Crippen LogP contribution in [0.1, 0.15) is 13.3 Å². The Hall–Kier alpha value is -2.58. The minimum absolute atomic E-state index is 0.275. The van der Waals surface area contributed by atoms with Gasteiger partial charge in [-0.25, -0.2) is 14.6 Å². The molecule has 20 heavy (non-hydrogen) atoms. The smallest absolute Gasteiger partial charge is 0.326 e. The molecule has 2 unspecified atom stereocenters. The number of carbonyl (C=O) groups is 3. The number of aliphatic carboxylic acids is 2. The van der Waals surface area contributed by atoms with Gasteiger partial charge in [0.15, 0.2) is 0 Å². The maximum Gasteiger partial charge on any atom is 0.326 e. The second kappa shape index (κ2) is 7.12. The molecule has 0 saturated carbocycles. The number of rotatable bonds is 7. The Morgan fingerprint density at radius 2 is 2.00 bits per heavy atom. The molecular formula is C11H16N4O5. The summed E-state index contributed by atoms with van der Waals surface area (Å²) in [4.78, 5) is 36.7. The SMILES string of the molecule is CC(Cn1ccnc1)NC(=O)NC(CC(=O)O)C(=O)O. The van der Waals surface area contributed by atoms with Gasteiger partial charge in [-0.05, 0) is 6.92 Å². The average molecular weight is 284 g/mol. The summed E-state index contributed by atoms with van der Waals surface area (Å²) in [7, 11) is 0. The van der Waals surface area contributed by atoms with Crippen LogP contribution in [0.15, 0.2) is 18.7 Å². The molecule has 0 bridgehead atoms. The number of nitrogens with one attached hydrogen (secondary N) is 2. The fourth-order valence-corrected chi connectivity index (χ4v) is 1.56. The molecule has 1 heterocycles. The van der Waals surface area contributed by atoms with E-state index in [4.69, 9.17) is 10.2 Å². The minimum atomic E-state index is -1.46. The fraction of sp³-hybridized carbons (Fsp3) is 0.455. The highest BCUT2D eigenvalue weighted by atomic mass is 16.4. The van der Waals surface area contributed by atoms with Crippen LogP contribution in [0.25, 0.3) is 0 Å². The van der Waals surface area contributed by atoms with Crippen LogP contribution in [0.2, 0.25) is 0 Å². The molecule has 0 aliphatic rings. The van der Waals surface area contributed by atoms with Crippen molar-refractivity contribution in [3.05, 3.63) is 18.7 Å². The molecule has 1 aromatic rings. The van der Waals surface area contributed by atoms with Gasteiger partial charge in [-0.3, -0.25) is 4.79 Å². The normalized spacial score (nSPS) is 13.2. The van der Waals surface area contributed by atoms with Crippen molar-refractivity contribution in [2.75, 3.05) is 0 Å². The summed E-state index contributed by atoms with van der Waals surface area (Å²) in [6.45, 7) is 2.19. The van der Waals surface area contributed by atoms with E-state index in [2.05, 4.69) is 15.6 Å². The van der Waals surface area contributed by atoms with Crippen molar-refractivity contribution in [1.82, 2.24) is 20.2 Å². The van der Waals surface area contributed by atoms with Crippen molar-refractivity contribution in [2.24, 2.45) is 0 Å². The van der Waals surface area contributed by atoms with Gasteiger partial charge in [0.05, 0.1) is 12.7 Å². The zero-order chi connectivity index (χ0) is 15.1. The Morgan fingerprint density at radius 1 is 1.30 bits per heavy atom. The number of urea groups is 1. The third-order valence-corrected chi connectivity index (χ3v) is 2.40. The van der Waals surface area contributed by atoms with Gasteiger partial charge in [0, 0.05) is 25.0 Å². The number of imidazole rings is 1. The second-order valence-corrected chi connectivity index (χ2v) is 4.27. The Kier molecular flexibility index (Phi) is 5.51.